The zero-order valence-corrected chi connectivity index (χ0v) is 22.6. The molecule has 40 heavy (non-hydrogen) atoms. The number of anilines is 4. The lowest BCUT2D eigenvalue weighted by Crippen LogP contribution is -2.37. The van der Waals surface area contributed by atoms with Crippen LogP contribution in [0, 0.1) is 0 Å². The van der Waals surface area contributed by atoms with Crippen LogP contribution in [-0.4, -0.2) is 82.4 Å². The molecule has 13 nitrogen and oxygen atoms in total. The average Bonchev–Trinajstić information content (AvgIpc) is 3.61. The topological polar surface area (TPSA) is 159 Å². The summed E-state index contributed by atoms with van der Waals surface area (Å²) in [7, 11) is 0. The molecular weight excluding hydrogens is 536 g/mol. The smallest absolute Gasteiger partial charge is 0.277 e. The normalized spacial score (nSPS) is 16.4. The van der Waals surface area contributed by atoms with Gasteiger partial charge in [0.2, 0.25) is 11.8 Å². The summed E-state index contributed by atoms with van der Waals surface area (Å²) in [5.74, 6) is 0.467. The van der Waals surface area contributed by atoms with E-state index in [1.54, 1.807) is 12.1 Å². The molecule has 2 aliphatic rings. The molecule has 6 heterocycles. The van der Waals surface area contributed by atoms with Gasteiger partial charge < -0.3 is 34.7 Å². The standard InChI is InChI=1S/C26H28N8O5S/c1-15(35)28-21-12-16(2-5-27-21)25-30-19(14-39-25)24(37)29-18-13-20-22(31-23(18)33-6-3-17(36)4-7-33)32-26(40-20)34-8-10-38-11-9-34/h2,5,12-14,17,36H,3-4,6-11H2,1H3,(H,29,37)(H,27,28,35). The molecule has 0 bridgehead atoms. The summed E-state index contributed by atoms with van der Waals surface area (Å²) >= 11 is 1.52. The molecule has 0 unspecified atom stereocenters. The molecule has 4 aromatic heterocycles. The molecule has 3 N–H and O–H groups in total. The molecule has 4 aromatic rings. The first-order valence-corrected chi connectivity index (χ1v) is 13.8. The molecule has 0 aromatic carbocycles. The van der Waals surface area contributed by atoms with Crippen LogP contribution in [-0.2, 0) is 9.53 Å². The monoisotopic (exact) mass is 564 g/mol. The number of morpholine rings is 1. The highest BCUT2D eigenvalue weighted by Crippen LogP contribution is 2.36. The molecular formula is C26H28N8O5S. The van der Waals surface area contributed by atoms with Gasteiger partial charge in [-0.1, -0.05) is 11.3 Å². The summed E-state index contributed by atoms with van der Waals surface area (Å²) < 4.78 is 11.9. The maximum atomic E-state index is 13.3. The lowest BCUT2D eigenvalue weighted by atomic mass is 10.1. The lowest BCUT2D eigenvalue weighted by molar-refractivity contribution is -0.114. The van der Waals surface area contributed by atoms with Crippen LogP contribution in [0.2, 0.25) is 0 Å². The number of thiazole rings is 1. The number of nitrogens with zero attached hydrogens (tertiary/aromatic N) is 6. The number of hydrogen-bond acceptors (Lipinski definition) is 12. The number of fused-ring (bicyclic) bond motifs is 1. The highest BCUT2D eigenvalue weighted by atomic mass is 32.1. The number of piperidine rings is 1. The number of amides is 2. The van der Waals surface area contributed by atoms with Crippen LogP contribution < -0.4 is 20.4 Å². The van der Waals surface area contributed by atoms with Gasteiger partial charge in [-0.3, -0.25) is 9.59 Å². The fraction of sp³-hybridized carbons (Fsp3) is 0.385. The number of ether oxygens (including phenoxy) is 1. The molecule has 0 radical (unpaired) electrons. The fourth-order valence-corrected chi connectivity index (χ4v) is 5.65. The molecule has 208 valence electrons. The van der Waals surface area contributed by atoms with Crippen LogP contribution in [0.3, 0.4) is 0 Å². The number of rotatable bonds is 6. The first-order valence-electron chi connectivity index (χ1n) is 13.0. The second-order valence-corrected chi connectivity index (χ2v) is 10.6. The number of aromatic nitrogens is 4. The second kappa shape index (κ2) is 11.2. The second-order valence-electron chi connectivity index (χ2n) is 9.60. The first kappa shape index (κ1) is 26.1. The third kappa shape index (κ3) is 5.59. The van der Waals surface area contributed by atoms with Crippen molar-refractivity contribution in [2.75, 3.05) is 59.8 Å². The van der Waals surface area contributed by atoms with Gasteiger partial charge in [-0.05, 0) is 31.0 Å². The minimum atomic E-state index is -0.455. The van der Waals surface area contributed by atoms with Crippen LogP contribution in [0.15, 0.2) is 35.1 Å². The average molecular weight is 565 g/mol. The number of carbonyl (C=O) groups excluding carboxylic acids is 2. The van der Waals surface area contributed by atoms with Crippen molar-refractivity contribution in [3.05, 3.63) is 36.4 Å². The summed E-state index contributed by atoms with van der Waals surface area (Å²) in [5, 5.41) is 16.5. The Hall–Kier alpha value is -4.14. The third-order valence-corrected chi connectivity index (χ3v) is 7.75. The van der Waals surface area contributed by atoms with Gasteiger partial charge >= 0.3 is 0 Å². The minimum absolute atomic E-state index is 0.0892. The SMILES string of the molecule is CC(=O)Nc1cc(-c2nc(C(=O)Nc3cc4sc(N5CCOCC5)nc4nc3N3CCC(O)CC3)co2)ccn1. The van der Waals surface area contributed by atoms with E-state index in [-0.39, 0.29) is 23.6 Å². The molecule has 0 spiro atoms. The van der Waals surface area contributed by atoms with Crippen molar-refractivity contribution in [2.45, 2.75) is 25.9 Å². The highest BCUT2D eigenvalue weighted by Gasteiger charge is 2.25. The van der Waals surface area contributed by atoms with Crippen LogP contribution in [0.5, 0.6) is 0 Å². The zero-order valence-electron chi connectivity index (χ0n) is 21.8. The summed E-state index contributed by atoms with van der Waals surface area (Å²) in [4.78, 5) is 47.0. The Morgan fingerprint density at radius 2 is 1.85 bits per heavy atom. The van der Waals surface area contributed by atoms with Gasteiger partial charge in [0, 0.05) is 44.9 Å². The maximum absolute atomic E-state index is 13.3. The van der Waals surface area contributed by atoms with Gasteiger partial charge in [0.15, 0.2) is 22.3 Å². The summed E-state index contributed by atoms with van der Waals surface area (Å²) in [5.41, 5.74) is 1.80. The number of aliphatic hydroxyl groups is 1. The van der Waals surface area contributed by atoms with E-state index in [1.165, 1.54) is 30.7 Å². The number of pyridine rings is 2. The molecule has 0 aliphatic carbocycles. The van der Waals surface area contributed by atoms with Gasteiger partial charge in [-0.15, -0.1) is 0 Å². The molecule has 0 saturated carbocycles. The number of aliphatic hydroxyl groups excluding tert-OH is 1. The largest absolute Gasteiger partial charge is 0.444 e. The van der Waals surface area contributed by atoms with Gasteiger partial charge in [0.1, 0.15) is 12.1 Å². The maximum Gasteiger partial charge on any atom is 0.277 e. The molecule has 6 rings (SSSR count). The molecule has 2 amide bonds. The molecule has 2 aliphatic heterocycles. The van der Waals surface area contributed by atoms with E-state index in [4.69, 9.17) is 19.1 Å². The van der Waals surface area contributed by atoms with Crippen molar-refractivity contribution in [3.8, 4) is 11.5 Å². The van der Waals surface area contributed by atoms with Gasteiger partial charge in [-0.2, -0.15) is 4.98 Å². The molecule has 0 atom stereocenters. The predicted molar refractivity (Wildman–Crippen MR) is 150 cm³/mol. The van der Waals surface area contributed by atoms with E-state index >= 15 is 0 Å². The first-order chi connectivity index (χ1) is 19.4. The van der Waals surface area contributed by atoms with Crippen LogP contribution in [0.4, 0.5) is 22.5 Å². The summed E-state index contributed by atoms with van der Waals surface area (Å²) in [6, 6.07) is 5.19. The van der Waals surface area contributed by atoms with Crippen molar-refractivity contribution in [1.29, 1.82) is 0 Å². The van der Waals surface area contributed by atoms with Crippen molar-refractivity contribution in [2.24, 2.45) is 0 Å². The van der Waals surface area contributed by atoms with Crippen LogP contribution >= 0.6 is 11.3 Å². The van der Waals surface area contributed by atoms with Gasteiger partial charge in [0.05, 0.1) is 29.7 Å². The van der Waals surface area contributed by atoms with Crippen molar-refractivity contribution in [3.63, 3.8) is 0 Å². The van der Waals surface area contributed by atoms with E-state index < -0.39 is 5.91 Å². The number of nitrogens with one attached hydrogen (secondary N) is 2. The van der Waals surface area contributed by atoms with Gasteiger partial charge in [0.25, 0.3) is 5.91 Å². The van der Waals surface area contributed by atoms with Crippen LogP contribution in [0.25, 0.3) is 21.8 Å². The lowest BCUT2D eigenvalue weighted by Gasteiger charge is -2.31. The summed E-state index contributed by atoms with van der Waals surface area (Å²) in [6.07, 6.45) is 3.69. The summed E-state index contributed by atoms with van der Waals surface area (Å²) in [6.45, 7) is 5.44. The van der Waals surface area contributed by atoms with Gasteiger partial charge in [-0.25, -0.2) is 15.0 Å². The zero-order chi connectivity index (χ0) is 27.6. The Kier molecular flexibility index (Phi) is 7.28. The number of carbonyl (C=O) groups is 2. The van der Waals surface area contributed by atoms with Crippen LogP contribution in [0.1, 0.15) is 30.3 Å². The van der Waals surface area contributed by atoms with E-state index in [1.807, 2.05) is 6.07 Å². The molecule has 14 heteroatoms. The number of oxazole rings is 1. The predicted octanol–water partition coefficient (Wildman–Crippen LogP) is 2.75. The van der Waals surface area contributed by atoms with Crippen molar-refractivity contribution >= 4 is 56.0 Å². The highest BCUT2D eigenvalue weighted by molar-refractivity contribution is 7.22. The quantitative estimate of drug-likeness (QED) is 0.316. The third-order valence-electron chi connectivity index (χ3n) is 6.69. The van der Waals surface area contributed by atoms with E-state index in [9.17, 15) is 14.7 Å². The van der Waals surface area contributed by atoms with Crippen molar-refractivity contribution < 1.29 is 23.8 Å². The Labute approximate surface area is 233 Å². The van der Waals surface area contributed by atoms with E-state index in [2.05, 4.69) is 30.4 Å². The minimum Gasteiger partial charge on any atom is -0.444 e. The fourth-order valence-electron chi connectivity index (χ4n) is 4.65. The number of hydrogen-bond donors (Lipinski definition) is 3. The van der Waals surface area contributed by atoms with Crippen molar-refractivity contribution in [1.82, 2.24) is 19.9 Å². The molecule has 2 saturated heterocycles. The molecule has 2 fully saturated rings. The Balaban J connectivity index is 1.28. The Bertz CT molecular complexity index is 1540. The van der Waals surface area contributed by atoms with E-state index in [0.29, 0.717) is 67.7 Å². The van der Waals surface area contributed by atoms with E-state index in [0.717, 1.165) is 22.9 Å². The Morgan fingerprint density at radius 3 is 2.62 bits per heavy atom. The Morgan fingerprint density at radius 1 is 1.05 bits per heavy atom.